The van der Waals surface area contributed by atoms with Crippen LogP contribution in [0.15, 0.2) is 18.2 Å². The molecule has 4 heteroatoms. The highest BCUT2D eigenvalue weighted by atomic mass is 16.5. The molecule has 1 aromatic rings. The second-order valence-corrected chi connectivity index (χ2v) is 3.75. The number of rotatable bonds is 6. The summed E-state index contributed by atoms with van der Waals surface area (Å²) in [6.07, 6.45) is 0. The van der Waals surface area contributed by atoms with Crippen LogP contribution in [0.4, 0.5) is 0 Å². The van der Waals surface area contributed by atoms with Gasteiger partial charge in [-0.25, -0.2) is 0 Å². The van der Waals surface area contributed by atoms with Gasteiger partial charge >= 0.3 is 0 Å². The molecule has 0 unspecified atom stereocenters. The van der Waals surface area contributed by atoms with Crippen molar-refractivity contribution in [1.29, 1.82) is 0 Å². The van der Waals surface area contributed by atoms with Gasteiger partial charge < -0.3 is 20.3 Å². The molecule has 0 bridgehead atoms. The molecule has 16 heavy (non-hydrogen) atoms. The molecule has 0 aliphatic heterocycles. The first-order valence-corrected chi connectivity index (χ1v) is 5.30. The molecule has 0 aromatic heterocycles. The molecule has 90 valence electrons. The molecule has 0 aliphatic rings. The van der Waals surface area contributed by atoms with Gasteiger partial charge in [-0.3, -0.25) is 0 Å². The SMILES string of the molecule is COc1ccc(CNC(CO)CO)cc1C. The quantitative estimate of drug-likeness (QED) is 0.657. The van der Waals surface area contributed by atoms with Crippen molar-refractivity contribution in [2.24, 2.45) is 0 Å². The molecule has 0 saturated heterocycles. The normalized spacial score (nSPS) is 10.8. The first-order chi connectivity index (χ1) is 7.71. The third-order valence-electron chi connectivity index (χ3n) is 2.49. The minimum absolute atomic E-state index is 0.0639. The highest BCUT2D eigenvalue weighted by Gasteiger charge is 2.05. The van der Waals surface area contributed by atoms with Crippen molar-refractivity contribution in [2.45, 2.75) is 19.5 Å². The van der Waals surface area contributed by atoms with E-state index in [-0.39, 0.29) is 19.3 Å². The van der Waals surface area contributed by atoms with E-state index in [2.05, 4.69) is 5.32 Å². The highest BCUT2D eigenvalue weighted by molar-refractivity contribution is 5.36. The second kappa shape index (κ2) is 6.48. The number of hydrogen-bond donors (Lipinski definition) is 3. The van der Waals surface area contributed by atoms with Crippen molar-refractivity contribution < 1.29 is 14.9 Å². The zero-order valence-corrected chi connectivity index (χ0v) is 9.73. The predicted molar refractivity (Wildman–Crippen MR) is 62.5 cm³/mol. The number of aliphatic hydroxyl groups is 2. The summed E-state index contributed by atoms with van der Waals surface area (Å²) in [7, 11) is 1.65. The summed E-state index contributed by atoms with van der Waals surface area (Å²) in [5, 5.41) is 20.9. The van der Waals surface area contributed by atoms with E-state index in [4.69, 9.17) is 14.9 Å². The maximum Gasteiger partial charge on any atom is 0.121 e. The van der Waals surface area contributed by atoms with E-state index in [1.807, 2.05) is 25.1 Å². The van der Waals surface area contributed by atoms with Gasteiger partial charge in [-0.1, -0.05) is 12.1 Å². The minimum atomic E-state index is -0.262. The summed E-state index contributed by atoms with van der Waals surface area (Å²) in [6.45, 7) is 2.48. The van der Waals surface area contributed by atoms with E-state index in [0.717, 1.165) is 16.9 Å². The Hall–Kier alpha value is -1.10. The first kappa shape index (κ1) is 13.0. The lowest BCUT2D eigenvalue weighted by atomic mass is 10.1. The van der Waals surface area contributed by atoms with Crippen LogP contribution in [0.3, 0.4) is 0 Å². The molecule has 4 nitrogen and oxygen atoms in total. The summed E-state index contributed by atoms with van der Waals surface area (Å²) >= 11 is 0. The predicted octanol–water partition coefficient (Wildman–Crippen LogP) is 0.446. The summed E-state index contributed by atoms with van der Waals surface area (Å²) in [4.78, 5) is 0. The Morgan fingerprint density at radius 1 is 1.31 bits per heavy atom. The number of benzene rings is 1. The van der Waals surface area contributed by atoms with Gasteiger partial charge in [0.2, 0.25) is 0 Å². The number of hydrogen-bond acceptors (Lipinski definition) is 4. The summed E-state index contributed by atoms with van der Waals surface area (Å²) in [5.41, 5.74) is 2.18. The van der Waals surface area contributed by atoms with Gasteiger partial charge in [-0.2, -0.15) is 0 Å². The summed E-state index contributed by atoms with van der Waals surface area (Å²) in [6, 6.07) is 5.64. The zero-order chi connectivity index (χ0) is 12.0. The third-order valence-corrected chi connectivity index (χ3v) is 2.49. The first-order valence-electron chi connectivity index (χ1n) is 5.30. The molecule has 0 amide bonds. The Bertz CT molecular complexity index is 324. The van der Waals surface area contributed by atoms with E-state index in [1.165, 1.54) is 0 Å². The van der Waals surface area contributed by atoms with Crippen molar-refractivity contribution in [3.05, 3.63) is 29.3 Å². The molecular formula is C12H19NO3. The van der Waals surface area contributed by atoms with E-state index in [0.29, 0.717) is 6.54 Å². The smallest absolute Gasteiger partial charge is 0.121 e. The standard InChI is InChI=1S/C12H19NO3/c1-9-5-10(3-4-12(9)16-2)6-13-11(7-14)8-15/h3-5,11,13-15H,6-8H2,1-2H3. The molecule has 0 saturated carbocycles. The Balaban J connectivity index is 2.58. The fraction of sp³-hybridized carbons (Fsp3) is 0.500. The van der Waals surface area contributed by atoms with Crippen molar-refractivity contribution in [3.8, 4) is 5.75 Å². The topological polar surface area (TPSA) is 61.7 Å². The third kappa shape index (κ3) is 3.48. The lowest BCUT2D eigenvalue weighted by molar-refractivity contribution is 0.170. The van der Waals surface area contributed by atoms with Crippen LogP contribution in [0.2, 0.25) is 0 Å². The molecule has 1 rings (SSSR count). The van der Waals surface area contributed by atoms with E-state index in [1.54, 1.807) is 7.11 Å². The van der Waals surface area contributed by atoms with Gasteiger partial charge in [0.15, 0.2) is 0 Å². The van der Waals surface area contributed by atoms with E-state index in [9.17, 15) is 0 Å². The molecule has 0 spiro atoms. The Kier molecular flexibility index (Phi) is 5.25. The molecule has 0 fully saturated rings. The number of nitrogens with one attached hydrogen (secondary N) is 1. The molecule has 0 radical (unpaired) electrons. The number of methoxy groups -OCH3 is 1. The van der Waals surface area contributed by atoms with Crippen molar-refractivity contribution in [1.82, 2.24) is 5.32 Å². The molecule has 0 heterocycles. The highest BCUT2D eigenvalue weighted by Crippen LogP contribution is 2.18. The van der Waals surface area contributed by atoms with Crippen LogP contribution in [0.25, 0.3) is 0 Å². The molecule has 0 atom stereocenters. The van der Waals surface area contributed by atoms with Gasteiger partial charge in [0.05, 0.1) is 26.4 Å². The summed E-state index contributed by atoms with van der Waals surface area (Å²) in [5.74, 6) is 0.865. The second-order valence-electron chi connectivity index (χ2n) is 3.75. The summed E-state index contributed by atoms with van der Waals surface area (Å²) < 4.78 is 5.17. The number of ether oxygens (including phenoxy) is 1. The molecular weight excluding hydrogens is 206 g/mol. The van der Waals surface area contributed by atoms with Crippen LogP contribution in [-0.4, -0.2) is 36.6 Å². The average Bonchev–Trinajstić information content (AvgIpc) is 2.30. The van der Waals surface area contributed by atoms with Gasteiger partial charge in [0, 0.05) is 6.54 Å². The fourth-order valence-corrected chi connectivity index (χ4v) is 1.50. The van der Waals surface area contributed by atoms with Crippen molar-refractivity contribution in [3.63, 3.8) is 0 Å². The van der Waals surface area contributed by atoms with Gasteiger partial charge in [-0.05, 0) is 24.1 Å². The molecule has 1 aromatic carbocycles. The van der Waals surface area contributed by atoms with Gasteiger partial charge in [0.1, 0.15) is 5.75 Å². The van der Waals surface area contributed by atoms with Crippen LogP contribution in [0.1, 0.15) is 11.1 Å². The zero-order valence-electron chi connectivity index (χ0n) is 9.73. The maximum atomic E-state index is 8.90. The Morgan fingerprint density at radius 3 is 2.50 bits per heavy atom. The van der Waals surface area contributed by atoms with Crippen LogP contribution in [0, 0.1) is 6.92 Å². The van der Waals surface area contributed by atoms with E-state index >= 15 is 0 Å². The van der Waals surface area contributed by atoms with Crippen LogP contribution in [-0.2, 0) is 6.54 Å². The molecule has 0 aliphatic carbocycles. The van der Waals surface area contributed by atoms with Crippen LogP contribution < -0.4 is 10.1 Å². The fourth-order valence-electron chi connectivity index (χ4n) is 1.50. The van der Waals surface area contributed by atoms with Crippen LogP contribution in [0.5, 0.6) is 5.75 Å². The minimum Gasteiger partial charge on any atom is -0.496 e. The van der Waals surface area contributed by atoms with Crippen molar-refractivity contribution >= 4 is 0 Å². The average molecular weight is 225 g/mol. The molecule has 3 N–H and O–H groups in total. The lowest BCUT2D eigenvalue weighted by Gasteiger charge is -2.14. The van der Waals surface area contributed by atoms with E-state index < -0.39 is 0 Å². The van der Waals surface area contributed by atoms with Gasteiger partial charge in [0.25, 0.3) is 0 Å². The lowest BCUT2D eigenvalue weighted by Crippen LogP contribution is -2.35. The Morgan fingerprint density at radius 2 is 2.00 bits per heavy atom. The maximum absolute atomic E-state index is 8.90. The largest absolute Gasteiger partial charge is 0.496 e. The Labute approximate surface area is 95.9 Å². The van der Waals surface area contributed by atoms with Crippen molar-refractivity contribution in [2.75, 3.05) is 20.3 Å². The van der Waals surface area contributed by atoms with Crippen LogP contribution >= 0.6 is 0 Å². The number of aryl methyl sites for hydroxylation is 1. The number of aliphatic hydroxyl groups excluding tert-OH is 2. The van der Waals surface area contributed by atoms with Gasteiger partial charge in [-0.15, -0.1) is 0 Å². The monoisotopic (exact) mass is 225 g/mol.